The highest BCUT2D eigenvalue weighted by Crippen LogP contribution is 2.33. The summed E-state index contributed by atoms with van der Waals surface area (Å²) in [5, 5.41) is 10.3. The Kier molecular flexibility index (Phi) is 4.02. The molecule has 0 saturated carbocycles. The lowest BCUT2D eigenvalue weighted by Crippen LogP contribution is -2.03. The van der Waals surface area contributed by atoms with E-state index in [1.165, 1.54) is 19.2 Å². The zero-order valence-electron chi connectivity index (χ0n) is 10.8. The smallest absolute Gasteiger partial charge is 0.125 e. The van der Waals surface area contributed by atoms with Crippen LogP contribution >= 0.6 is 0 Å². The molecule has 19 heavy (non-hydrogen) atoms. The predicted octanol–water partition coefficient (Wildman–Crippen LogP) is 2.92. The van der Waals surface area contributed by atoms with Crippen LogP contribution in [0.1, 0.15) is 17.2 Å². The lowest BCUT2D eigenvalue weighted by Gasteiger charge is -2.16. The molecule has 0 heterocycles. The fourth-order valence-electron chi connectivity index (χ4n) is 1.91. The van der Waals surface area contributed by atoms with E-state index in [0.29, 0.717) is 22.6 Å². The van der Waals surface area contributed by atoms with Crippen molar-refractivity contribution in [3.8, 4) is 11.5 Å². The quantitative estimate of drug-likeness (QED) is 0.920. The van der Waals surface area contributed by atoms with E-state index in [9.17, 15) is 9.50 Å². The van der Waals surface area contributed by atoms with Crippen molar-refractivity contribution in [1.82, 2.24) is 0 Å². The molecule has 2 rings (SSSR count). The van der Waals surface area contributed by atoms with Gasteiger partial charge in [0, 0.05) is 5.56 Å². The van der Waals surface area contributed by atoms with Gasteiger partial charge >= 0.3 is 0 Å². The van der Waals surface area contributed by atoms with Crippen LogP contribution in [0.5, 0.6) is 11.5 Å². The Morgan fingerprint density at radius 2 is 1.84 bits per heavy atom. The van der Waals surface area contributed by atoms with Gasteiger partial charge in [-0.25, -0.2) is 4.39 Å². The van der Waals surface area contributed by atoms with Crippen molar-refractivity contribution in [2.45, 2.75) is 6.10 Å². The number of ether oxygens (including phenoxy) is 2. The Balaban J connectivity index is 2.44. The molecule has 0 aliphatic rings. The minimum Gasteiger partial charge on any atom is -0.497 e. The standard InChI is InChI=1S/C15H15FO3/c1-18-12-6-7-14(19-2)13(9-12)15(17)10-4-3-5-11(16)8-10/h3-9,15,17H,1-2H3. The minimum atomic E-state index is -0.972. The molecule has 1 N–H and O–H groups in total. The Morgan fingerprint density at radius 1 is 1.05 bits per heavy atom. The number of methoxy groups -OCH3 is 2. The Hall–Kier alpha value is -2.07. The first-order chi connectivity index (χ1) is 9.15. The van der Waals surface area contributed by atoms with Crippen molar-refractivity contribution in [1.29, 1.82) is 0 Å². The first-order valence-corrected chi connectivity index (χ1v) is 5.81. The molecule has 100 valence electrons. The normalized spacial score (nSPS) is 12.0. The van der Waals surface area contributed by atoms with Gasteiger partial charge in [-0.2, -0.15) is 0 Å². The maximum Gasteiger partial charge on any atom is 0.125 e. The van der Waals surface area contributed by atoms with E-state index in [0.717, 1.165) is 0 Å². The molecule has 2 aromatic rings. The van der Waals surface area contributed by atoms with Crippen LogP contribution in [0.25, 0.3) is 0 Å². The van der Waals surface area contributed by atoms with Crippen molar-refractivity contribution in [2.24, 2.45) is 0 Å². The molecule has 0 saturated heterocycles. The first kappa shape index (κ1) is 13.4. The molecule has 0 fully saturated rings. The monoisotopic (exact) mass is 262 g/mol. The fourth-order valence-corrected chi connectivity index (χ4v) is 1.91. The summed E-state index contributed by atoms with van der Waals surface area (Å²) in [6, 6.07) is 11.0. The van der Waals surface area contributed by atoms with E-state index in [4.69, 9.17) is 9.47 Å². The molecule has 0 amide bonds. The molecule has 0 aliphatic carbocycles. The summed E-state index contributed by atoms with van der Waals surface area (Å²) in [6.07, 6.45) is -0.972. The van der Waals surface area contributed by atoms with E-state index in [1.54, 1.807) is 37.4 Å². The maximum atomic E-state index is 13.2. The second-order valence-corrected chi connectivity index (χ2v) is 4.07. The van der Waals surface area contributed by atoms with Gasteiger partial charge in [-0.05, 0) is 35.9 Å². The number of hydrogen-bond acceptors (Lipinski definition) is 3. The van der Waals surface area contributed by atoms with Crippen LogP contribution < -0.4 is 9.47 Å². The van der Waals surface area contributed by atoms with Crippen LogP contribution in [0.15, 0.2) is 42.5 Å². The zero-order valence-corrected chi connectivity index (χ0v) is 10.8. The van der Waals surface area contributed by atoms with Gasteiger partial charge in [0.2, 0.25) is 0 Å². The maximum absolute atomic E-state index is 13.2. The van der Waals surface area contributed by atoms with Crippen LogP contribution in [-0.4, -0.2) is 19.3 Å². The summed E-state index contributed by atoms with van der Waals surface area (Å²) in [7, 11) is 3.06. The largest absolute Gasteiger partial charge is 0.497 e. The molecule has 0 aliphatic heterocycles. The fraction of sp³-hybridized carbons (Fsp3) is 0.200. The summed E-state index contributed by atoms with van der Waals surface area (Å²) < 4.78 is 23.5. The van der Waals surface area contributed by atoms with E-state index in [-0.39, 0.29) is 0 Å². The average Bonchev–Trinajstić information content (AvgIpc) is 2.45. The molecule has 0 bridgehead atoms. The molecule has 0 radical (unpaired) electrons. The van der Waals surface area contributed by atoms with Gasteiger partial charge in [-0.15, -0.1) is 0 Å². The number of aliphatic hydroxyl groups excluding tert-OH is 1. The zero-order chi connectivity index (χ0) is 13.8. The van der Waals surface area contributed by atoms with Gasteiger partial charge in [0.15, 0.2) is 0 Å². The molecular weight excluding hydrogens is 247 g/mol. The second kappa shape index (κ2) is 5.71. The second-order valence-electron chi connectivity index (χ2n) is 4.07. The number of rotatable bonds is 4. The van der Waals surface area contributed by atoms with E-state index in [1.807, 2.05) is 0 Å². The van der Waals surface area contributed by atoms with Crippen molar-refractivity contribution in [3.63, 3.8) is 0 Å². The molecule has 2 aromatic carbocycles. The summed E-state index contributed by atoms with van der Waals surface area (Å²) >= 11 is 0. The van der Waals surface area contributed by atoms with Crippen LogP contribution in [0, 0.1) is 5.82 Å². The van der Waals surface area contributed by atoms with Crippen LogP contribution in [0.3, 0.4) is 0 Å². The molecule has 0 spiro atoms. The van der Waals surface area contributed by atoms with Gasteiger partial charge in [-0.1, -0.05) is 12.1 Å². The number of hydrogen-bond donors (Lipinski definition) is 1. The lowest BCUT2D eigenvalue weighted by atomic mass is 10.0. The molecule has 3 nitrogen and oxygen atoms in total. The SMILES string of the molecule is COc1ccc(OC)c(C(O)c2cccc(F)c2)c1. The van der Waals surface area contributed by atoms with E-state index >= 15 is 0 Å². The highest BCUT2D eigenvalue weighted by atomic mass is 19.1. The summed E-state index contributed by atoms with van der Waals surface area (Å²) in [6.45, 7) is 0. The third-order valence-corrected chi connectivity index (χ3v) is 2.90. The first-order valence-electron chi connectivity index (χ1n) is 5.81. The van der Waals surface area contributed by atoms with Crippen molar-refractivity contribution in [3.05, 3.63) is 59.4 Å². The van der Waals surface area contributed by atoms with E-state index < -0.39 is 11.9 Å². The molecule has 0 aromatic heterocycles. The third kappa shape index (κ3) is 2.85. The van der Waals surface area contributed by atoms with Crippen molar-refractivity contribution >= 4 is 0 Å². The number of halogens is 1. The summed E-state index contributed by atoms with van der Waals surface area (Å²) in [4.78, 5) is 0. The van der Waals surface area contributed by atoms with Crippen LogP contribution in [0.2, 0.25) is 0 Å². The van der Waals surface area contributed by atoms with Crippen molar-refractivity contribution < 1.29 is 19.0 Å². The average molecular weight is 262 g/mol. The van der Waals surface area contributed by atoms with Crippen LogP contribution in [0.4, 0.5) is 4.39 Å². The van der Waals surface area contributed by atoms with Gasteiger partial charge in [0.1, 0.15) is 23.4 Å². The minimum absolute atomic E-state index is 0.390. The highest BCUT2D eigenvalue weighted by molar-refractivity contribution is 5.45. The van der Waals surface area contributed by atoms with Gasteiger partial charge < -0.3 is 14.6 Å². The van der Waals surface area contributed by atoms with Crippen molar-refractivity contribution in [2.75, 3.05) is 14.2 Å². The van der Waals surface area contributed by atoms with Gasteiger partial charge in [-0.3, -0.25) is 0 Å². The third-order valence-electron chi connectivity index (χ3n) is 2.90. The molecule has 4 heteroatoms. The summed E-state index contributed by atoms with van der Waals surface area (Å²) in [5.74, 6) is 0.738. The van der Waals surface area contributed by atoms with Gasteiger partial charge in [0.05, 0.1) is 14.2 Å². The summed E-state index contributed by atoms with van der Waals surface area (Å²) in [5.41, 5.74) is 0.999. The molecule has 1 atom stereocenters. The topological polar surface area (TPSA) is 38.7 Å². The number of aliphatic hydroxyl groups is 1. The predicted molar refractivity (Wildman–Crippen MR) is 70.0 cm³/mol. The lowest BCUT2D eigenvalue weighted by molar-refractivity contribution is 0.213. The van der Waals surface area contributed by atoms with E-state index in [2.05, 4.69) is 0 Å². The Labute approximate surface area is 111 Å². The van der Waals surface area contributed by atoms with Crippen LogP contribution in [-0.2, 0) is 0 Å². The Morgan fingerprint density at radius 3 is 2.47 bits per heavy atom. The highest BCUT2D eigenvalue weighted by Gasteiger charge is 2.17. The van der Waals surface area contributed by atoms with Gasteiger partial charge in [0.25, 0.3) is 0 Å². The Bertz CT molecular complexity index is 569. The molecule has 1 unspecified atom stereocenters. The molecular formula is C15H15FO3. The number of benzene rings is 2.